The Bertz CT molecular complexity index is 356. The predicted octanol–water partition coefficient (Wildman–Crippen LogP) is 2.11. The molecule has 1 aliphatic carbocycles. The van der Waals surface area contributed by atoms with Crippen molar-refractivity contribution in [3.63, 3.8) is 0 Å². The highest BCUT2D eigenvalue weighted by Gasteiger charge is 2.20. The van der Waals surface area contributed by atoms with Crippen LogP contribution in [-0.2, 0) is 0 Å². The number of amides is 1. The molecule has 17 heavy (non-hydrogen) atoms. The van der Waals surface area contributed by atoms with Gasteiger partial charge in [-0.05, 0) is 37.8 Å². The van der Waals surface area contributed by atoms with Gasteiger partial charge in [-0.25, -0.2) is 0 Å². The van der Waals surface area contributed by atoms with Gasteiger partial charge in [-0.2, -0.15) is 0 Å². The van der Waals surface area contributed by atoms with Crippen molar-refractivity contribution in [1.29, 1.82) is 0 Å². The molecule has 0 radical (unpaired) electrons. The van der Waals surface area contributed by atoms with Gasteiger partial charge in [0.2, 0.25) is 0 Å². The Morgan fingerprint density at radius 1 is 1.24 bits per heavy atom. The number of hydrogen-bond acceptors (Lipinski definition) is 2. The summed E-state index contributed by atoms with van der Waals surface area (Å²) < 4.78 is 0. The summed E-state index contributed by atoms with van der Waals surface area (Å²) in [7, 11) is 0. The zero-order chi connectivity index (χ0) is 11.4. The number of carbonyl (C=O) groups is 1. The molecular formula is C13H19ClN2O. The van der Waals surface area contributed by atoms with Crippen LogP contribution >= 0.6 is 12.4 Å². The minimum atomic E-state index is 0. The molecule has 3 N–H and O–H groups in total. The van der Waals surface area contributed by atoms with Crippen LogP contribution in [0, 0.1) is 0 Å². The number of hydrogen-bond donors (Lipinski definition) is 2. The number of nitrogens with one attached hydrogen (secondary N) is 1. The summed E-state index contributed by atoms with van der Waals surface area (Å²) in [6, 6.07) is 9.82. The Kier molecular flexibility index (Phi) is 5.45. The Hall–Kier alpha value is -1.06. The number of halogens is 1. The molecule has 1 fully saturated rings. The van der Waals surface area contributed by atoms with Gasteiger partial charge in [0.05, 0.1) is 0 Å². The van der Waals surface area contributed by atoms with Gasteiger partial charge in [0.25, 0.3) is 5.91 Å². The lowest BCUT2D eigenvalue weighted by Gasteiger charge is -2.27. The Morgan fingerprint density at radius 3 is 2.59 bits per heavy atom. The van der Waals surface area contributed by atoms with Gasteiger partial charge in [0.1, 0.15) is 0 Å². The number of rotatable bonds is 2. The summed E-state index contributed by atoms with van der Waals surface area (Å²) in [4.78, 5) is 11.9. The van der Waals surface area contributed by atoms with E-state index in [-0.39, 0.29) is 30.4 Å². The molecule has 3 nitrogen and oxygen atoms in total. The lowest BCUT2D eigenvalue weighted by Crippen LogP contribution is -2.42. The Labute approximate surface area is 108 Å². The summed E-state index contributed by atoms with van der Waals surface area (Å²) in [5, 5.41) is 3.05. The molecule has 1 aliphatic rings. The Morgan fingerprint density at radius 2 is 1.94 bits per heavy atom. The van der Waals surface area contributed by atoms with Crippen LogP contribution in [0.5, 0.6) is 0 Å². The quantitative estimate of drug-likeness (QED) is 0.849. The van der Waals surface area contributed by atoms with Crippen molar-refractivity contribution in [2.24, 2.45) is 5.73 Å². The van der Waals surface area contributed by atoms with Crippen LogP contribution in [0.2, 0.25) is 0 Å². The monoisotopic (exact) mass is 254 g/mol. The van der Waals surface area contributed by atoms with E-state index in [2.05, 4.69) is 5.32 Å². The third-order valence-electron chi connectivity index (χ3n) is 3.09. The highest BCUT2D eigenvalue weighted by Crippen LogP contribution is 2.17. The summed E-state index contributed by atoms with van der Waals surface area (Å²) in [5.74, 6) is 0.0136. The van der Waals surface area contributed by atoms with Crippen LogP contribution in [0.4, 0.5) is 0 Å². The summed E-state index contributed by atoms with van der Waals surface area (Å²) in [5.41, 5.74) is 6.61. The number of benzene rings is 1. The molecule has 0 saturated heterocycles. The second-order valence-corrected chi connectivity index (χ2v) is 4.46. The van der Waals surface area contributed by atoms with Crippen LogP contribution in [0.1, 0.15) is 36.0 Å². The van der Waals surface area contributed by atoms with E-state index in [1.165, 1.54) is 0 Å². The van der Waals surface area contributed by atoms with Crippen LogP contribution in [0.25, 0.3) is 0 Å². The summed E-state index contributed by atoms with van der Waals surface area (Å²) >= 11 is 0. The maximum Gasteiger partial charge on any atom is 0.251 e. The van der Waals surface area contributed by atoms with Gasteiger partial charge in [0, 0.05) is 17.6 Å². The molecule has 0 bridgehead atoms. The van der Waals surface area contributed by atoms with Crippen molar-refractivity contribution < 1.29 is 4.79 Å². The first-order valence-corrected chi connectivity index (χ1v) is 5.87. The van der Waals surface area contributed by atoms with E-state index in [1.54, 1.807) is 0 Å². The van der Waals surface area contributed by atoms with Gasteiger partial charge in [-0.3, -0.25) is 4.79 Å². The molecule has 2 atom stereocenters. The van der Waals surface area contributed by atoms with Crippen molar-refractivity contribution >= 4 is 18.3 Å². The molecule has 0 heterocycles. The van der Waals surface area contributed by atoms with Gasteiger partial charge in [-0.15, -0.1) is 12.4 Å². The highest BCUT2D eigenvalue weighted by molar-refractivity contribution is 5.94. The second kappa shape index (κ2) is 6.62. The normalized spacial score (nSPS) is 23.6. The molecule has 1 aromatic carbocycles. The zero-order valence-corrected chi connectivity index (χ0v) is 10.6. The van der Waals surface area contributed by atoms with Crippen LogP contribution in [-0.4, -0.2) is 18.0 Å². The Balaban J connectivity index is 0.00000144. The lowest BCUT2D eigenvalue weighted by molar-refractivity contribution is 0.0925. The van der Waals surface area contributed by atoms with Crippen molar-refractivity contribution in [2.45, 2.75) is 37.8 Å². The van der Waals surface area contributed by atoms with Crippen molar-refractivity contribution in [1.82, 2.24) is 5.32 Å². The molecule has 1 amide bonds. The van der Waals surface area contributed by atoms with E-state index >= 15 is 0 Å². The zero-order valence-electron chi connectivity index (χ0n) is 9.76. The first kappa shape index (κ1) is 14.0. The minimum Gasteiger partial charge on any atom is -0.349 e. The minimum absolute atomic E-state index is 0. The van der Waals surface area contributed by atoms with Gasteiger partial charge in [-0.1, -0.05) is 18.2 Å². The van der Waals surface area contributed by atoms with Crippen molar-refractivity contribution in [3.8, 4) is 0 Å². The predicted molar refractivity (Wildman–Crippen MR) is 71.4 cm³/mol. The molecular weight excluding hydrogens is 236 g/mol. The maximum absolute atomic E-state index is 11.9. The topological polar surface area (TPSA) is 55.1 Å². The van der Waals surface area contributed by atoms with Crippen molar-refractivity contribution in [2.75, 3.05) is 0 Å². The van der Waals surface area contributed by atoms with E-state index in [9.17, 15) is 4.79 Å². The fourth-order valence-corrected chi connectivity index (χ4v) is 2.22. The number of carbonyl (C=O) groups excluding carboxylic acids is 1. The van der Waals surface area contributed by atoms with Gasteiger partial charge in [0.15, 0.2) is 0 Å². The molecule has 2 rings (SSSR count). The standard InChI is InChI=1S/C13H18N2O.ClH/c14-11-7-4-8-12(9-11)15-13(16)10-5-2-1-3-6-10;/h1-3,5-6,11-12H,4,7-9,14H2,(H,15,16);1H/t11-,12+;/m0./s1. The second-order valence-electron chi connectivity index (χ2n) is 4.46. The van der Waals surface area contributed by atoms with E-state index in [1.807, 2.05) is 30.3 Å². The summed E-state index contributed by atoms with van der Waals surface area (Å²) in [6.07, 6.45) is 4.14. The van der Waals surface area contributed by atoms with Crippen LogP contribution in [0.15, 0.2) is 30.3 Å². The largest absolute Gasteiger partial charge is 0.349 e. The fraction of sp³-hybridized carbons (Fsp3) is 0.462. The van der Waals surface area contributed by atoms with Crippen molar-refractivity contribution in [3.05, 3.63) is 35.9 Å². The van der Waals surface area contributed by atoms with E-state index < -0.39 is 0 Å². The third-order valence-corrected chi connectivity index (χ3v) is 3.09. The van der Waals surface area contributed by atoms with E-state index in [0.29, 0.717) is 0 Å². The van der Waals surface area contributed by atoms with Crippen LogP contribution in [0.3, 0.4) is 0 Å². The number of nitrogens with two attached hydrogens (primary N) is 1. The lowest BCUT2D eigenvalue weighted by atomic mass is 9.91. The van der Waals surface area contributed by atoms with Gasteiger partial charge < -0.3 is 11.1 Å². The molecule has 1 saturated carbocycles. The average molecular weight is 255 g/mol. The maximum atomic E-state index is 11.9. The molecule has 94 valence electrons. The third kappa shape index (κ3) is 4.02. The molecule has 0 aromatic heterocycles. The van der Waals surface area contributed by atoms with Crippen LogP contribution < -0.4 is 11.1 Å². The molecule has 1 aromatic rings. The smallest absolute Gasteiger partial charge is 0.251 e. The van der Waals surface area contributed by atoms with Gasteiger partial charge >= 0.3 is 0 Å². The molecule has 0 spiro atoms. The van der Waals surface area contributed by atoms with E-state index in [0.717, 1.165) is 31.2 Å². The average Bonchev–Trinajstić information content (AvgIpc) is 2.30. The fourth-order valence-electron chi connectivity index (χ4n) is 2.22. The first-order valence-electron chi connectivity index (χ1n) is 5.87. The SMILES string of the molecule is Cl.N[C@H]1CCC[C@@H](NC(=O)c2ccccc2)C1. The molecule has 4 heteroatoms. The summed E-state index contributed by atoms with van der Waals surface area (Å²) in [6.45, 7) is 0. The molecule has 0 aliphatic heterocycles. The highest BCUT2D eigenvalue weighted by atomic mass is 35.5. The molecule has 0 unspecified atom stereocenters. The first-order chi connectivity index (χ1) is 7.75. The van der Waals surface area contributed by atoms with E-state index in [4.69, 9.17) is 5.73 Å².